The average Bonchev–Trinajstić information content (AvgIpc) is 2.41. The Balaban J connectivity index is 2.01. The van der Waals surface area contributed by atoms with Gasteiger partial charge in [0.15, 0.2) is 24.0 Å². The lowest BCUT2D eigenvalue weighted by Gasteiger charge is -2.05. The Hall–Kier alpha value is -1.94. The molecule has 0 aliphatic rings. The van der Waals surface area contributed by atoms with E-state index in [2.05, 4.69) is 0 Å². The molecule has 0 atom stereocenters. The number of ether oxygens (including phenoxy) is 1. The lowest BCUT2D eigenvalue weighted by Crippen LogP contribution is -2.12. The van der Waals surface area contributed by atoms with Crippen molar-refractivity contribution in [1.29, 1.82) is 0 Å². The molecule has 0 N–H and O–H groups in total. The molecule has 2 rings (SSSR count). The SMILES string of the molecule is O=C(COc1ccc(Cl)cc1)c1ccc(F)c(F)c1. The van der Waals surface area contributed by atoms with Gasteiger partial charge in [-0.15, -0.1) is 0 Å². The molecule has 2 aromatic carbocycles. The van der Waals surface area contributed by atoms with Crippen LogP contribution in [0.25, 0.3) is 0 Å². The van der Waals surface area contributed by atoms with Crippen molar-refractivity contribution in [3.05, 3.63) is 64.7 Å². The van der Waals surface area contributed by atoms with Crippen molar-refractivity contribution >= 4 is 17.4 Å². The first-order chi connectivity index (χ1) is 9.06. The molecule has 0 unspecified atom stereocenters. The second-order valence-corrected chi connectivity index (χ2v) is 4.23. The Labute approximate surface area is 113 Å². The van der Waals surface area contributed by atoms with Crippen LogP contribution in [-0.2, 0) is 0 Å². The van der Waals surface area contributed by atoms with Gasteiger partial charge in [-0.25, -0.2) is 8.78 Å². The van der Waals surface area contributed by atoms with E-state index in [4.69, 9.17) is 16.3 Å². The summed E-state index contributed by atoms with van der Waals surface area (Å²) >= 11 is 5.70. The van der Waals surface area contributed by atoms with Crippen molar-refractivity contribution in [3.8, 4) is 5.75 Å². The second kappa shape index (κ2) is 5.80. The predicted molar refractivity (Wildman–Crippen MR) is 67.6 cm³/mol. The molecule has 2 nitrogen and oxygen atoms in total. The van der Waals surface area contributed by atoms with Gasteiger partial charge in [0.1, 0.15) is 5.75 Å². The zero-order chi connectivity index (χ0) is 13.8. The molecule has 2 aromatic rings. The van der Waals surface area contributed by atoms with Gasteiger partial charge in [-0.2, -0.15) is 0 Å². The van der Waals surface area contributed by atoms with Crippen LogP contribution >= 0.6 is 11.6 Å². The van der Waals surface area contributed by atoms with Crippen LogP contribution in [0.1, 0.15) is 10.4 Å². The normalized spacial score (nSPS) is 10.3. The van der Waals surface area contributed by atoms with Crippen molar-refractivity contribution in [3.63, 3.8) is 0 Å². The molecule has 19 heavy (non-hydrogen) atoms. The minimum Gasteiger partial charge on any atom is -0.485 e. The fraction of sp³-hybridized carbons (Fsp3) is 0.0714. The Morgan fingerprint density at radius 2 is 1.74 bits per heavy atom. The molecule has 0 saturated heterocycles. The summed E-state index contributed by atoms with van der Waals surface area (Å²) in [5.41, 5.74) is 0.0628. The van der Waals surface area contributed by atoms with Crippen LogP contribution in [0.3, 0.4) is 0 Å². The zero-order valence-electron chi connectivity index (χ0n) is 9.70. The number of Topliss-reactive ketones (excluding diaryl/α,β-unsaturated/α-hetero) is 1. The Kier molecular flexibility index (Phi) is 4.12. The van der Waals surface area contributed by atoms with E-state index in [9.17, 15) is 13.6 Å². The number of carbonyl (C=O) groups excluding carboxylic acids is 1. The van der Waals surface area contributed by atoms with E-state index in [1.54, 1.807) is 24.3 Å². The van der Waals surface area contributed by atoms with Crippen LogP contribution in [0, 0.1) is 11.6 Å². The summed E-state index contributed by atoms with van der Waals surface area (Å²) < 4.78 is 30.9. The molecule has 0 heterocycles. The first-order valence-corrected chi connectivity index (χ1v) is 5.80. The molecular formula is C14H9ClF2O2. The van der Waals surface area contributed by atoms with E-state index in [1.807, 2.05) is 0 Å². The second-order valence-electron chi connectivity index (χ2n) is 3.79. The molecule has 0 radical (unpaired) electrons. The summed E-state index contributed by atoms with van der Waals surface area (Å²) in [7, 11) is 0. The first kappa shape index (κ1) is 13.5. The van der Waals surface area contributed by atoms with Crippen molar-refractivity contribution in [1.82, 2.24) is 0 Å². The fourth-order valence-corrected chi connectivity index (χ4v) is 1.56. The summed E-state index contributed by atoms with van der Waals surface area (Å²) in [6.07, 6.45) is 0. The smallest absolute Gasteiger partial charge is 0.200 e. The van der Waals surface area contributed by atoms with Gasteiger partial charge < -0.3 is 4.74 Å². The van der Waals surface area contributed by atoms with Crippen LogP contribution in [0.15, 0.2) is 42.5 Å². The zero-order valence-corrected chi connectivity index (χ0v) is 10.5. The number of halogens is 3. The first-order valence-electron chi connectivity index (χ1n) is 5.43. The van der Waals surface area contributed by atoms with Gasteiger partial charge in [0, 0.05) is 10.6 Å². The van der Waals surface area contributed by atoms with Crippen molar-refractivity contribution in [2.45, 2.75) is 0 Å². The van der Waals surface area contributed by atoms with E-state index in [1.165, 1.54) is 6.07 Å². The number of hydrogen-bond acceptors (Lipinski definition) is 2. The lowest BCUT2D eigenvalue weighted by molar-refractivity contribution is 0.0921. The van der Waals surface area contributed by atoms with Crippen molar-refractivity contribution < 1.29 is 18.3 Å². The summed E-state index contributed by atoms with van der Waals surface area (Å²) in [6.45, 7) is -0.257. The molecule has 5 heteroatoms. The number of ketones is 1. The fourth-order valence-electron chi connectivity index (χ4n) is 1.43. The van der Waals surface area contributed by atoms with E-state index in [-0.39, 0.29) is 12.2 Å². The average molecular weight is 283 g/mol. The highest BCUT2D eigenvalue weighted by Gasteiger charge is 2.10. The maximum Gasteiger partial charge on any atom is 0.200 e. The number of hydrogen-bond donors (Lipinski definition) is 0. The monoisotopic (exact) mass is 282 g/mol. The van der Waals surface area contributed by atoms with E-state index >= 15 is 0 Å². The maximum atomic E-state index is 13.0. The van der Waals surface area contributed by atoms with Crippen LogP contribution in [-0.4, -0.2) is 12.4 Å². The van der Waals surface area contributed by atoms with Crippen molar-refractivity contribution in [2.24, 2.45) is 0 Å². The lowest BCUT2D eigenvalue weighted by atomic mass is 10.1. The molecular weight excluding hydrogens is 274 g/mol. The minimum absolute atomic E-state index is 0.0628. The highest BCUT2D eigenvalue weighted by molar-refractivity contribution is 6.30. The van der Waals surface area contributed by atoms with Crippen LogP contribution in [0.5, 0.6) is 5.75 Å². The third kappa shape index (κ3) is 3.51. The molecule has 98 valence electrons. The van der Waals surface area contributed by atoms with Gasteiger partial charge >= 0.3 is 0 Å². The Bertz CT molecular complexity index is 597. The highest BCUT2D eigenvalue weighted by atomic mass is 35.5. The molecule has 0 fully saturated rings. The third-order valence-electron chi connectivity index (χ3n) is 2.43. The highest BCUT2D eigenvalue weighted by Crippen LogP contribution is 2.16. The third-order valence-corrected chi connectivity index (χ3v) is 2.68. The largest absolute Gasteiger partial charge is 0.485 e. The molecule has 0 spiro atoms. The standard InChI is InChI=1S/C14H9ClF2O2/c15-10-2-4-11(5-3-10)19-8-14(18)9-1-6-12(16)13(17)7-9/h1-7H,8H2. The van der Waals surface area contributed by atoms with Gasteiger partial charge in [0.2, 0.25) is 0 Å². The van der Waals surface area contributed by atoms with Crippen LogP contribution in [0.2, 0.25) is 5.02 Å². The van der Waals surface area contributed by atoms with Gasteiger partial charge in [-0.1, -0.05) is 11.6 Å². The van der Waals surface area contributed by atoms with Gasteiger partial charge in [-0.3, -0.25) is 4.79 Å². The van der Waals surface area contributed by atoms with Gasteiger partial charge in [0.05, 0.1) is 0 Å². The van der Waals surface area contributed by atoms with Gasteiger partial charge in [0.25, 0.3) is 0 Å². The summed E-state index contributed by atoms with van der Waals surface area (Å²) in [5, 5.41) is 0.555. The quantitative estimate of drug-likeness (QED) is 0.796. The van der Waals surface area contributed by atoms with E-state index in [0.717, 1.165) is 12.1 Å². The molecule has 0 bridgehead atoms. The Morgan fingerprint density at radius 3 is 2.37 bits per heavy atom. The van der Waals surface area contributed by atoms with Crippen molar-refractivity contribution in [2.75, 3.05) is 6.61 Å². The topological polar surface area (TPSA) is 26.3 Å². The summed E-state index contributed by atoms with van der Waals surface area (Å²) in [5.74, 6) is -2.01. The minimum atomic E-state index is -1.06. The van der Waals surface area contributed by atoms with Crippen LogP contribution in [0.4, 0.5) is 8.78 Å². The van der Waals surface area contributed by atoms with E-state index in [0.29, 0.717) is 10.8 Å². The summed E-state index contributed by atoms with van der Waals surface area (Å²) in [6, 6.07) is 9.44. The predicted octanol–water partition coefficient (Wildman–Crippen LogP) is 3.88. The number of rotatable bonds is 4. The molecule has 0 aliphatic heterocycles. The molecule has 0 amide bonds. The molecule has 0 saturated carbocycles. The maximum absolute atomic E-state index is 13.0. The Morgan fingerprint density at radius 1 is 1.05 bits per heavy atom. The molecule has 0 aromatic heterocycles. The number of benzene rings is 2. The van der Waals surface area contributed by atoms with Crippen LogP contribution < -0.4 is 4.74 Å². The van der Waals surface area contributed by atoms with Gasteiger partial charge in [-0.05, 0) is 42.5 Å². The molecule has 0 aliphatic carbocycles. The number of carbonyl (C=O) groups is 1. The summed E-state index contributed by atoms with van der Waals surface area (Å²) in [4.78, 5) is 11.7. The van der Waals surface area contributed by atoms with E-state index < -0.39 is 17.4 Å².